The van der Waals surface area contributed by atoms with Crippen LogP contribution in [-0.4, -0.2) is 54.3 Å². The van der Waals surface area contributed by atoms with Crippen molar-refractivity contribution in [3.63, 3.8) is 0 Å². The van der Waals surface area contributed by atoms with Gasteiger partial charge in [0.2, 0.25) is 0 Å². The lowest BCUT2D eigenvalue weighted by molar-refractivity contribution is -0.123. The highest BCUT2D eigenvalue weighted by molar-refractivity contribution is 6.31. The van der Waals surface area contributed by atoms with Gasteiger partial charge in [0.05, 0.1) is 31.9 Å². The van der Waals surface area contributed by atoms with E-state index in [1.807, 2.05) is 0 Å². The fourth-order valence-electron chi connectivity index (χ4n) is 5.52. The third kappa shape index (κ3) is 3.50. The highest BCUT2D eigenvalue weighted by Gasteiger charge is 2.56. The Kier molecular flexibility index (Phi) is 6.13. The molecule has 2 aromatic carbocycles. The van der Waals surface area contributed by atoms with E-state index >= 15 is 0 Å². The quantitative estimate of drug-likeness (QED) is 0.210. The minimum absolute atomic E-state index is 0.00161. The van der Waals surface area contributed by atoms with Crippen LogP contribution in [-0.2, 0) is 19.7 Å². The van der Waals surface area contributed by atoms with Crippen LogP contribution in [0.15, 0.2) is 35.2 Å². The number of carbonyl (C=O) groups excluding carboxylic acids is 4. The van der Waals surface area contributed by atoms with Crippen molar-refractivity contribution in [3.05, 3.63) is 63.1 Å². The Labute approximate surface area is 229 Å². The van der Waals surface area contributed by atoms with Crippen LogP contribution in [0.2, 0.25) is 0 Å². The van der Waals surface area contributed by atoms with Crippen molar-refractivity contribution in [3.8, 4) is 28.7 Å². The Morgan fingerprint density at radius 1 is 1.10 bits per heavy atom. The zero-order valence-corrected chi connectivity index (χ0v) is 22.7. The summed E-state index contributed by atoms with van der Waals surface area (Å²) in [5, 5.41) is 24.5. The van der Waals surface area contributed by atoms with Gasteiger partial charge >= 0.3 is 5.97 Å². The lowest BCUT2D eigenvalue weighted by atomic mass is 9.70. The summed E-state index contributed by atoms with van der Waals surface area (Å²) in [6.07, 6.45) is 0.399. The Balaban J connectivity index is 1.52. The summed E-state index contributed by atoms with van der Waals surface area (Å²) in [5.74, 6) is -2.90. The van der Waals surface area contributed by atoms with Crippen molar-refractivity contribution >= 4 is 23.3 Å². The van der Waals surface area contributed by atoms with Gasteiger partial charge in [0.25, 0.3) is 0 Å². The van der Waals surface area contributed by atoms with Crippen LogP contribution in [0.25, 0.3) is 0 Å². The molecule has 0 aromatic heterocycles. The SMILES string of the molecule is COc1ccc2c(c1OC)C(=O)OC2CNC(C)=C1C(=O)C=C2Oc3c(C(C)=O)c(O)c(C)c(O)c3[C@@]2(C)C1=O. The van der Waals surface area contributed by atoms with E-state index in [2.05, 4.69) is 5.32 Å². The van der Waals surface area contributed by atoms with Gasteiger partial charge in [0.1, 0.15) is 45.7 Å². The van der Waals surface area contributed by atoms with Gasteiger partial charge in [-0.3, -0.25) is 14.4 Å². The minimum Gasteiger partial charge on any atom is -0.507 e. The molecule has 1 unspecified atom stereocenters. The van der Waals surface area contributed by atoms with Gasteiger partial charge in [0.15, 0.2) is 28.8 Å². The number of ketones is 3. The zero-order valence-electron chi connectivity index (χ0n) is 22.7. The maximum Gasteiger partial charge on any atom is 0.343 e. The second kappa shape index (κ2) is 9.15. The predicted molar refractivity (Wildman–Crippen MR) is 139 cm³/mol. The van der Waals surface area contributed by atoms with Crippen LogP contribution in [0.1, 0.15) is 64.3 Å². The Morgan fingerprint density at radius 3 is 2.42 bits per heavy atom. The summed E-state index contributed by atoms with van der Waals surface area (Å²) in [7, 11) is 2.87. The van der Waals surface area contributed by atoms with E-state index in [1.165, 1.54) is 35.0 Å². The molecule has 0 saturated heterocycles. The number of methoxy groups -OCH3 is 2. The maximum absolute atomic E-state index is 14.0. The molecule has 40 heavy (non-hydrogen) atoms. The van der Waals surface area contributed by atoms with Crippen molar-refractivity contribution in [1.82, 2.24) is 5.32 Å². The van der Waals surface area contributed by atoms with E-state index in [4.69, 9.17) is 18.9 Å². The van der Waals surface area contributed by atoms with Crippen molar-refractivity contribution < 1.29 is 48.3 Å². The number of nitrogens with one attached hydrogen (secondary N) is 1. The predicted octanol–water partition coefficient (Wildman–Crippen LogP) is 3.09. The monoisotopic (exact) mass is 549 g/mol. The molecule has 0 fully saturated rings. The molecule has 2 atom stereocenters. The van der Waals surface area contributed by atoms with Crippen LogP contribution in [0, 0.1) is 6.92 Å². The number of cyclic esters (lactones) is 1. The van der Waals surface area contributed by atoms with Crippen molar-refractivity contribution in [1.29, 1.82) is 0 Å². The maximum atomic E-state index is 14.0. The number of carbonyl (C=O) groups is 4. The third-order valence-electron chi connectivity index (χ3n) is 7.69. The molecule has 0 spiro atoms. The van der Waals surface area contributed by atoms with Crippen molar-refractivity contribution in [2.45, 2.75) is 39.2 Å². The standard InChI is InChI=1S/C29H27NO10/c1-11-23(33)20(13(3)31)26-22(24(11)34)29(4)18(40-26)9-15(32)19(27(29)35)12(2)30-10-17-14-7-8-16(37-5)25(38-6)21(14)28(36)39-17/h7-9,17,30,33-34H,10H2,1-6H3/t17?,29-/m0/s1. The second-order valence-electron chi connectivity index (χ2n) is 9.93. The third-order valence-corrected chi connectivity index (χ3v) is 7.69. The lowest BCUT2D eigenvalue weighted by Gasteiger charge is -2.29. The first-order chi connectivity index (χ1) is 18.9. The Bertz CT molecular complexity index is 1620. The molecule has 5 rings (SSSR count). The largest absolute Gasteiger partial charge is 0.507 e. The molecule has 2 aromatic rings. The van der Waals surface area contributed by atoms with Crippen LogP contribution >= 0.6 is 0 Å². The molecule has 11 nitrogen and oxygen atoms in total. The number of hydrogen-bond donors (Lipinski definition) is 3. The lowest BCUT2D eigenvalue weighted by Crippen LogP contribution is -2.41. The van der Waals surface area contributed by atoms with E-state index in [9.17, 15) is 29.4 Å². The van der Waals surface area contributed by atoms with Gasteiger partial charge in [-0.1, -0.05) is 6.07 Å². The summed E-state index contributed by atoms with van der Waals surface area (Å²) in [4.78, 5) is 52.1. The molecular weight excluding hydrogens is 522 g/mol. The number of allylic oxidation sites excluding steroid dienone is 4. The Hall–Kier alpha value is -4.80. The number of Topliss-reactive ketones (excluding diaryl/α,β-unsaturated/α-hetero) is 2. The molecule has 0 amide bonds. The fraction of sp³-hybridized carbons (Fsp3) is 0.310. The van der Waals surface area contributed by atoms with Gasteiger partial charge in [0, 0.05) is 22.9 Å². The Morgan fingerprint density at radius 2 is 1.80 bits per heavy atom. The summed E-state index contributed by atoms with van der Waals surface area (Å²) in [6, 6.07) is 3.34. The first-order valence-corrected chi connectivity index (χ1v) is 12.4. The number of phenolic OH excluding ortho intramolecular Hbond substituents is 2. The van der Waals surface area contributed by atoms with Crippen LogP contribution < -0.4 is 19.5 Å². The molecule has 2 aliphatic heterocycles. The first kappa shape index (κ1) is 26.8. The normalized spacial score (nSPS) is 22.0. The minimum atomic E-state index is -1.63. The van der Waals surface area contributed by atoms with Crippen LogP contribution in [0.5, 0.6) is 28.7 Å². The van der Waals surface area contributed by atoms with Gasteiger partial charge in [-0.25, -0.2) is 4.79 Å². The number of hydrogen-bond acceptors (Lipinski definition) is 11. The van der Waals surface area contributed by atoms with Crippen molar-refractivity contribution in [2.24, 2.45) is 0 Å². The van der Waals surface area contributed by atoms with Gasteiger partial charge < -0.3 is 34.5 Å². The van der Waals surface area contributed by atoms with Gasteiger partial charge in [-0.05, 0) is 33.8 Å². The zero-order chi connectivity index (χ0) is 29.3. The van der Waals surface area contributed by atoms with Crippen LogP contribution in [0.4, 0.5) is 0 Å². The average Bonchev–Trinajstić information content (AvgIpc) is 3.39. The topological polar surface area (TPSA) is 158 Å². The van der Waals surface area contributed by atoms with Crippen LogP contribution in [0.3, 0.4) is 0 Å². The molecular formula is C29H27NO10. The number of phenols is 2. The molecule has 2 heterocycles. The molecule has 208 valence electrons. The van der Waals surface area contributed by atoms with E-state index in [1.54, 1.807) is 19.1 Å². The molecule has 3 N–H and O–H groups in total. The molecule has 0 radical (unpaired) electrons. The number of ether oxygens (including phenoxy) is 4. The first-order valence-electron chi connectivity index (χ1n) is 12.4. The van der Waals surface area contributed by atoms with E-state index in [0.717, 1.165) is 6.08 Å². The van der Waals surface area contributed by atoms with Crippen molar-refractivity contribution in [2.75, 3.05) is 20.8 Å². The molecule has 0 bridgehead atoms. The summed E-state index contributed by atoms with van der Waals surface area (Å²) >= 11 is 0. The summed E-state index contributed by atoms with van der Waals surface area (Å²) in [6.45, 7) is 5.70. The van der Waals surface area contributed by atoms with Gasteiger partial charge in [-0.2, -0.15) is 0 Å². The number of fused-ring (bicyclic) bond motifs is 4. The van der Waals surface area contributed by atoms with E-state index < -0.39 is 46.3 Å². The molecule has 1 aliphatic carbocycles. The molecule has 11 heteroatoms. The fourth-order valence-corrected chi connectivity index (χ4v) is 5.52. The smallest absolute Gasteiger partial charge is 0.343 e. The summed E-state index contributed by atoms with van der Waals surface area (Å²) < 4.78 is 21.9. The summed E-state index contributed by atoms with van der Waals surface area (Å²) in [5.41, 5.74) is -0.991. The average molecular weight is 550 g/mol. The number of benzene rings is 2. The van der Waals surface area contributed by atoms with E-state index in [-0.39, 0.29) is 57.3 Å². The van der Waals surface area contributed by atoms with E-state index in [0.29, 0.717) is 11.3 Å². The second-order valence-corrected chi connectivity index (χ2v) is 9.93. The number of aromatic hydroxyl groups is 2. The number of esters is 1. The van der Waals surface area contributed by atoms with Gasteiger partial charge in [-0.15, -0.1) is 0 Å². The molecule has 3 aliphatic rings. The highest BCUT2D eigenvalue weighted by atomic mass is 16.6. The number of rotatable bonds is 6. The molecule has 0 saturated carbocycles. The highest BCUT2D eigenvalue weighted by Crippen LogP contribution is 2.57.